The predicted molar refractivity (Wildman–Crippen MR) is 79.3 cm³/mol. The molecule has 98 valence electrons. The van der Waals surface area contributed by atoms with Crippen LogP contribution in [0.1, 0.15) is 5.56 Å². The molecule has 0 radical (unpaired) electrons. The Hall–Kier alpha value is -1.40. The molecule has 0 aliphatic heterocycles. The summed E-state index contributed by atoms with van der Waals surface area (Å²) in [5.74, 6) is -0.237. The lowest BCUT2D eigenvalue weighted by molar-refractivity contribution is 0.441. The third-order valence-corrected chi connectivity index (χ3v) is 3.33. The van der Waals surface area contributed by atoms with E-state index in [1.165, 1.54) is 12.1 Å². The molecule has 0 unspecified atom stereocenters. The van der Waals surface area contributed by atoms with Gasteiger partial charge in [-0.25, -0.2) is 4.39 Å². The SMILES string of the molecule is N=C(N)c1cc(Br)ccc1Oc1cc(Br)ccc1F. The van der Waals surface area contributed by atoms with Gasteiger partial charge < -0.3 is 10.5 Å². The Labute approximate surface area is 126 Å². The van der Waals surface area contributed by atoms with Crippen LogP contribution < -0.4 is 10.5 Å². The zero-order valence-corrected chi connectivity index (χ0v) is 12.8. The van der Waals surface area contributed by atoms with E-state index < -0.39 is 5.82 Å². The first-order chi connectivity index (χ1) is 8.97. The summed E-state index contributed by atoms with van der Waals surface area (Å²) in [4.78, 5) is 0. The van der Waals surface area contributed by atoms with Crippen molar-refractivity contribution in [2.75, 3.05) is 0 Å². The van der Waals surface area contributed by atoms with Crippen molar-refractivity contribution in [3.63, 3.8) is 0 Å². The molecule has 0 aliphatic rings. The molecule has 3 nitrogen and oxygen atoms in total. The Kier molecular flexibility index (Phi) is 4.21. The van der Waals surface area contributed by atoms with Crippen LogP contribution in [-0.4, -0.2) is 5.84 Å². The second kappa shape index (κ2) is 5.71. The molecule has 0 aliphatic carbocycles. The van der Waals surface area contributed by atoms with Crippen molar-refractivity contribution in [2.24, 2.45) is 5.73 Å². The topological polar surface area (TPSA) is 59.1 Å². The van der Waals surface area contributed by atoms with E-state index in [0.717, 1.165) is 4.47 Å². The molecule has 6 heteroatoms. The summed E-state index contributed by atoms with van der Waals surface area (Å²) in [7, 11) is 0. The van der Waals surface area contributed by atoms with Gasteiger partial charge >= 0.3 is 0 Å². The van der Waals surface area contributed by atoms with Crippen LogP contribution in [0.5, 0.6) is 11.5 Å². The van der Waals surface area contributed by atoms with Crippen molar-refractivity contribution in [1.29, 1.82) is 5.41 Å². The fourth-order valence-electron chi connectivity index (χ4n) is 1.48. The first kappa shape index (κ1) is 14.0. The van der Waals surface area contributed by atoms with Crippen LogP contribution in [0.15, 0.2) is 45.3 Å². The number of ether oxygens (including phenoxy) is 1. The van der Waals surface area contributed by atoms with Crippen LogP contribution in [-0.2, 0) is 0 Å². The molecule has 0 amide bonds. The van der Waals surface area contributed by atoms with Gasteiger partial charge in [0.1, 0.15) is 11.6 Å². The highest BCUT2D eigenvalue weighted by atomic mass is 79.9. The average Bonchev–Trinajstić information content (AvgIpc) is 2.35. The van der Waals surface area contributed by atoms with Crippen molar-refractivity contribution in [1.82, 2.24) is 0 Å². The van der Waals surface area contributed by atoms with Crippen molar-refractivity contribution in [3.8, 4) is 11.5 Å². The summed E-state index contributed by atoms with van der Waals surface area (Å²) in [6.45, 7) is 0. The Morgan fingerprint density at radius 1 is 1.05 bits per heavy atom. The zero-order chi connectivity index (χ0) is 14.0. The van der Waals surface area contributed by atoms with E-state index in [0.29, 0.717) is 15.8 Å². The lowest BCUT2D eigenvalue weighted by Gasteiger charge is -2.11. The molecular formula is C13H9Br2FN2O. The predicted octanol–water partition coefficient (Wildman–Crippen LogP) is 4.43. The molecule has 0 saturated heterocycles. The molecule has 0 atom stereocenters. The Balaban J connectivity index is 2.43. The van der Waals surface area contributed by atoms with Gasteiger partial charge in [-0.3, -0.25) is 5.41 Å². The number of hydrogen-bond donors (Lipinski definition) is 2. The van der Waals surface area contributed by atoms with Crippen molar-refractivity contribution >= 4 is 37.7 Å². The molecule has 0 spiro atoms. The number of benzene rings is 2. The number of halogens is 3. The minimum atomic E-state index is -0.486. The highest BCUT2D eigenvalue weighted by Gasteiger charge is 2.11. The monoisotopic (exact) mass is 386 g/mol. The molecule has 0 fully saturated rings. The summed E-state index contributed by atoms with van der Waals surface area (Å²) in [6.07, 6.45) is 0. The van der Waals surface area contributed by atoms with Gasteiger partial charge in [0.2, 0.25) is 0 Å². The van der Waals surface area contributed by atoms with Crippen LogP contribution in [0.3, 0.4) is 0 Å². The van der Waals surface area contributed by atoms with Crippen LogP contribution in [0.25, 0.3) is 0 Å². The van der Waals surface area contributed by atoms with Crippen LogP contribution >= 0.6 is 31.9 Å². The number of nitrogens with two attached hydrogens (primary N) is 1. The largest absolute Gasteiger partial charge is 0.453 e. The lowest BCUT2D eigenvalue weighted by atomic mass is 10.2. The van der Waals surface area contributed by atoms with Crippen LogP contribution in [0.2, 0.25) is 0 Å². The van der Waals surface area contributed by atoms with E-state index in [-0.39, 0.29) is 11.6 Å². The van der Waals surface area contributed by atoms with E-state index in [2.05, 4.69) is 31.9 Å². The second-order valence-electron chi connectivity index (χ2n) is 3.73. The third kappa shape index (κ3) is 3.33. The van der Waals surface area contributed by atoms with Crippen molar-refractivity contribution in [3.05, 3.63) is 56.7 Å². The number of hydrogen-bond acceptors (Lipinski definition) is 2. The summed E-state index contributed by atoms with van der Waals surface area (Å²) < 4.78 is 20.6. The lowest BCUT2D eigenvalue weighted by Crippen LogP contribution is -2.12. The minimum absolute atomic E-state index is 0.0687. The van der Waals surface area contributed by atoms with Gasteiger partial charge in [0.15, 0.2) is 11.6 Å². The fraction of sp³-hybridized carbons (Fsp3) is 0. The maximum absolute atomic E-state index is 13.6. The molecular weight excluding hydrogens is 379 g/mol. The first-order valence-corrected chi connectivity index (χ1v) is 6.83. The summed E-state index contributed by atoms with van der Waals surface area (Å²) in [6, 6.07) is 9.40. The molecule has 2 aromatic carbocycles. The quantitative estimate of drug-likeness (QED) is 0.604. The Bertz CT molecular complexity index is 647. The van der Waals surface area contributed by atoms with E-state index in [1.54, 1.807) is 24.3 Å². The molecule has 19 heavy (non-hydrogen) atoms. The molecule has 2 aromatic rings. The number of nitrogen functional groups attached to an aromatic ring is 1. The number of nitrogens with one attached hydrogen (secondary N) is 1. The molecule has 3 N–H and O–H groups in total. The van der Waals surface area contributed by atoms with Crippen LogP contribution in [0, 0.1) is 11.2 Å². The molecule has 0 aromatic heterocycles. The van der Waals surface area contributed by atoms with E-state index in [1.807, 2.05) is 0 Å². The Morgan fingerprint density at radius 3 is 2.37 bits per heavy atom. The molecule has 0 saturated carbocycles. The molecule has 0 bridgehead atoms. The van der Waals surface area contributed by atoms with Gasteiger partial charge in [0, 0.05) is 8.95 Å². The maximum atomic E-state index is 13.6. The maximum Gasteiger partial charge on any atom is 0.165 e. The number of amidine groups is 1. The summed E-state index contributed by atoms with van der Waals surface area (Å²) in [5.41, 5.74) is 5.88. The van der Waals surface area contributed by atoms with Gasteiger partial charge in [0.05, 0.1) is 5.56 Å². The van der Waals surface area contributed by atoms with Gasteiger partial charge in [-0.15, -0.1) is 0 Å². The van der Waals surface area contributed by atoms with Crippen molar-refractivity contribution < 1.29 is 9.13 Å². The highest BCUT2D eigenvalue weighted by molar-refractivity contribution is 9.10. The number of rotatable bonds is 3. The summed E-state index contributed by atoms with van der Waals surface area (Å²) in [5, 5.41) is 7.51. The van der Waals surface area contributed by atoms with Crippen molar-refractivity contribution in [2.45, 2.75) is 0 Å². The Morgan fingerprint density at radius 2 is 1.68 bits per heavy atom. The molecule has 2 rings (SSSR count). The van der Waals surface area contributed by atoms with Gasteiger partial charge in [-0.2, -0.15) is 0 Å². The van der Waals surface area contributed by atoms with E-state index in [4.69, 9.17) is 15.9 Å². The summed E-state index contributed by atoms with van der Waals surface area (Å²) >= 11 is 6.53. The minimum Gasteiger partial charge on any atom is -0.453 e. The first-order valence-electron chi connectivity index (χ1n) is 5.24. The average molecular weight is 388 g/mol. The van der Waals surface area contributed by atoms with Crippen LogP contribution in [0.4, 0.5) is 4.39 Å². The van der Waals surface area contributed by atoms with E-state index >= 15 is 0 Å². The smallest absolute Gasteiger partial charge is 0.165 e. The second-order valence-corrected chi connectivity index (χ2v) is 5.56. The highest BCUT2D eigenvalue weighted by Crippen LogP contribution is 2.31. The molecule has 0 heterocycles. The van der Waals surface area contributed by atoms with Gasteiger partial charge in [-0.1, -0.05) is 31.9 Å². The normalized spacial score (nSPS) is 10.3. The third-order valence-electron chi connectivity index (χ3n) is 2.34. The van der Waals surface area contributed by atoms with E-state index in [9.17, 15) is 4.39 Å². The standard InChI is InChI=1S/C13H9Br2FN2O/c14-7-2-4-11(9(5-7)13(17)18)19-12-6-8(15)1-3-10(12)16/h1-6H,(H3,17,18). The van der Waals surface area contributed by atoms with Gasteiger partial charge in [-0.05, 0) is 36.4 Å². The van der Waals surface area contributed by atoms with Gasteiger partial charge in [0.25, 0.3) is 0 Å². The zero-order valence-electron chi connectivity index (χ0n) is 9.58. The fourth-order valence-corrected chi connectivity index (χ4v) is 2.18.